The zero-order valence-electron chi connectivity index (χ0n) is 11.4. The summed E-state index contributed by atoms with van der Waals surface area (Å²) in [4.78, 5) is 12.3. The van der Waals surface area contributed by atoms with Gasteiger partial charge in [-0.1, -0.05) is 12.8 Å². The highest BCUT2D eigenvalue weighted by Crippen LogP contribution is 2.30. The summed E-state index contributed by atoms with van der Waals surface area (Å²) < 4.78 is 0. The normalized spacial score (nSPS) is 20.1. The molecule has 0 spiro atoms. The number of carbonyl (C=O) groups is 1. The first-order valence-corrected chi connectivity index (χ1v) is 7.11. The molecule has 1 saturated carbocycles. The smallest absolute Gasteiger partial charge is 0.251 e. The summed E-state index contributed by atoms with van der Waals surface area (Å²) in [6.45, 7) is 3.97. The Kier molecular flexibility index (Phi) is 3.09. The fourth-order valence-corrected chi connectivity index (χ4v) is 3.01. The average Bonchev–Trinajstić information content (AvgIpc) is 2.84. The van der Waals surface area contributed by atoms with Crippen molar-refractivity contribution in [1.29, 1.82) is 0 Å². The van der Waals surface area contributed by atoms with Crippen molar-refractivity contribution in [3.63, 3.8) is 0 Å². The molecule has 3 rings (SSSR count). The van der Waals surface area contributed by atoms with E-state index in [0.717, 1.165) is 42.9 Å². The first-order valence-electron chi connectivity index (χ1n) is 7.11. The number of benzene rings is 1. The van der Waals surface area contributed by atoms with Crippen LogP contribution in [-0.4, -0.2) is 24.5 Å². The van der Waals surface area contributed by atoms with Crippen LogP contribution >= 0.6 is 0 Å². The molecule has 1 heterocycles. The van der Waals surface area contributed by atoms with Crippen molar-refractivity contribution in [3.8, 4) is 0 Å². The largest absolute Gasteiger partial charge is 0.382 e. The average molecular weight is 259 g/mol. The minimum absolute atomic E-state index is 0.0152. The van der Waals surface area contributed by atoms with Gasteiger partial charge in [0.25, 0.3) is 5.91 Å². The van der Waals surface area contributed by atoms with Crippen molar-refractivity contribution in [3.05, 3.63) is 23.8 Å². The summed E-state index contributed by atoms with van der Waals surface area (Å²) >= 11 is 0. The van der Waals surface area contributed by atoms with Crippen molar-refractivity contribution in [2.45, 2.75) is 38.1 Å². The maximum Gasteiger partial charge on any atom is 0.251 e. The molecule has 1 fully saturated rings. The quantitative estimate of drug-likeness (QED) is 0.765. The van der Waals surface area contributed by atoms with E-state index in [9.17, 15) is 4.79 Å². The monoisotopic (exact) mass is 259 g/mol. The summed E-state index contributed by atoms with van der Waals surface area (Å²) in [6.07, 6.45) is 4.60. The molecule has 0 atom stereocenters. The number of rotatable bonds is 2. The lowest BCUT2D eigenvalue weighted by atomic mass is 10.00. The second-order valence-electron chi connectivity index (χ2n) is 5.84. The highest BCUT2D eigenvalue weighted by molar-refractivity contribution is 5.97. The Labute approximate surface area is 114 Å². The van der Waals surface area contributed by atoms with Crippen LogP contribution in [0.5, 0.6) is 0 Å². The number of hydrogen-bond acceptors (Lipinski definition) is 3. The van der Waals surface area contributed by atoms with Gasteiger partial charge in [0.15, 0.2) is 0 Å². The third kappa shape index (κ3) is 2.53. The van der Waals surface area contributed by atoms with Crippen molar-refractivity contribution in [2.75, 3.05) is 23.7 Å². The van der Waals surface area contributed by atoms with E-state index in [1.165, 1.54) is 12.8 Å². The van der Waals surface area contributed by atoms with Gasteiger partial charge in [-0.25, -0.2) is 0 Å². The highest BCUT2D eigenvalue weighted by atomic mass is 16.1. The molecule has 4 heteroatoms. The Balaban J connectivity index is 1.76. The molecule has 1 aromatic carbocycles. The lowest BCUT2D eigenvalue weighted by Crippen LogP contribution is -2.43. The topological polar surface area (TPSA) is 53.2 Å². The first-order chi connectivity index (χ1) is 9.16. The molecule has 1 aliphatic heterocycles. The number of hydrogen-bond donors (Lipinski definition) is 3. The maximum atomic E-state index is 12.3. The Bertz CT molecular complexity index is 492. The van der Waals surface area contributed by atoms with E-state index in [4.69, 9.17) is 0 Å². The SMILES string of the molecule is CC1(NC(=O)c2ccc3c(c2)NCCN3)CCCC1. The van der Waals surface area contributed by atoms with Gasteiger partial charge >= 0.3 is 0 Å². The second-order valence-corrected chi connectivity index (χ2v) is 5.84. The second kappa shape index (κ2) is 4.76. The lowest BCUT2D eigenvalue weighted by Gasteiger charge is -2.26. The van der Waals surface area contributed by atoms with Gasteiger partial charge in [0.2, 0.25) is 0 Å². The van der Waals surface area contributed by atoms with E-state index >= 15 is 0 Å². The number of amides is 1. The van der Waals surface area contributed by atoms with Crippen molar-refractivity contribution in [2.24, 2.45) is 0 Å². The molecule has 2 aliphatic rings. The zero-order chi connectivity index (χ0) is 13.3. The Hall–Kier alpha value is -1.71. The van der Waals surface area contributed by atoms with Crippen LogP contribution in [0.25, 0.3) is 0 Å². The maximum absolute atomic E-state index is 12.3. The van der Waals surface area contributed by atoms with E-state index in [1.54, 1.807) is 0 Å². The molecular formula is C15H21N3O. The Morgan fingerprint density at radius 2 is 1.84 bits per heavy atom. The minimum atomic E-state index is -0.0152. The molecule has 0 bridgehead atoms. The van der Waals surface area contributed by atoms with Crippen molar-refractivity contribution >= 4 is 17.3 Å². The van der Waals surface area contributed by atoms with E-state index < -0.39 is 0 Å². The Morgan fingerprint density at radius 1 is 1.16 bits per heavy atom. The molecule has 0 unspecified atom stereocenters. The van der Waals surface area contributed by atoms with Crippen molar-refractivity contribution < 1.29 is 4.79 Å². The third-order valence-electron chi connectivity index (χ3n) is 4.16. The van der Waals surface area contributed by atoms with E-state index in [0.29, 0.717) is 0 Å². The molecule has 102 valence electrons. The van der Waals surface area contributed by atoms with Gasteiger partial charge in [-0.05, 0) is 38.0 Å². The molecule has 0 radical (unpaired) electrons. The standard InChI is InChI=1S/C15H21N3O/c1-15(6-2-3-7-15)18-14(19)11-4-5-12-13(10-11)17-9-8-16-12/h4-5,10,16-17H,2-3,6-9H2,1H3,(H,18,19). The number of carbonyl (C=O) groups excluding carboxylic acids is 1. The molecule has 4 nitrogen and oxygen atoms in total. The predicted molar refractivity (Wildman–Crippen MR) is 77.8 cm³/mol. The molecule has 1 aliphatic carbocycles. The molecule has 1 aromatic rings. The summed E-state index contributed by atoms with van der Waals surface area (Å²) in [7, 11) is 0. The van der Waals surface area contributed by atoms with Gasteiger partial charge in [-0.2, -0.15) is 0 Å². The third-order valence-corrected chi connectivity index (χ3v) is 4.16. The number of anilines is 2. The fourth-order valence-electron chi connectivity index (χ4n) is 3.01. The van der Waals surface area contributed by atoms with Crippen LogP contribution < -0.4 is 16.0 Å². The van der Waals surface area contributed by atoms with Crippen LogP contribution in [-0.2, 0) is 0 Å². The van der Waals surface area contributed by atoms with Gasteiger partial charge in [0, 0.05) is 24.2 Å². The summed E-state index contributed by atoms with van der Waals surface area (Å²) in [5.41, 5.74) is 2.83. The summed E-state index contributed by atoms with van der Waals surface area (Å²) in [5, 5.41) is 9.82. The van der Waals surface area contributed by atoms with Crippen LogP contribution in [0, 0.1) is 0 Å². The molecule has 0 saturated heterocycles. The fraction of sp³-hybridized carbons (Fsp3) is 0.533. The molecule has 3 N–H and O–H groups in total. The zero-order valence-corrected chi connectivity index (χ0v) is 11.4. The van der Waals surface area contributed by atoms with E-state index in [2.05, 4.69) is 22.9 Å². The van der Waals surface area contributed by atoms with Crippen molar-refractivity contribution in [1.82, 2.24) is 5.32 Å². The molecule has 0 aromatic heterocycles. The minimum Gasteiger partial charge on any atom is -0.382 e. The van der Waals surface area contributed by atoms with Crippen LogP contribution in [0.2, 0.25) is 0 Å². The van der Waals surface area contributed by atoms with E-state index in [1.807, 2.05) is 18.2 Å². The van der Waals surface area contributed by atoms with Gasteiger partial charge in [0.05, 0.1) is 11.4 Å². The van der Waals surface area contributed by atoms with Gasteiger partial charge in [0.1, 0.15) is 0 Å². The number of fused-ring (bicyclic) bond motifs is 1. The summed E-state index contributed by atoms with van der Waals surface area (Å²) in [6, 6.07) is 5.81. The highest BCUT2D eigenvalue weighted by Gasteiger charge is 2.30. The van der Waals surface area contributed by atoms with Gasteiger partial charge in [-0.15, -0.1) is 0 Å². The molecule has 1 amide bonds. The molecular weight excluding hydrogens is 238 g/mol. The molecule has 19 heavy (non-hydrogen) atoms. The van der Waals surface area contributed by atoms with Crippen LogP contribution in [0.15, 0.2) is 18.2 Å². The van der Waals surface area contributed by atoms with Gasteiger partial charge < -0.3 is 16.0 Å². The van der Waals surface area contributed by atoms with Crippen LogP contribution in [0.1, 0.15) is 43.0 Å². The Morgan fingerprint density at radius 3 is 2.58 bits per heavy atom. The van der Waals surface area contributed by atoms with E-state index in [-0.39, 0.29) is 11.4 Å². The summed E-state index contributed by atoms with van der Waals surface area (Å²) in [5.74, 6) is 0.0413. The van der Waals surface area contributed by atoms with Crippen LogP contribution in [0.4, 0.5) is 11.4 Å². The lowest BCUT2D eigenvalue weighted by molar-refractivity contribution is 0.0908. The first kappa shape index (κ1) is 12.3. The number of nitrogens with one attached hydrogen (secondary N) is 3. The predicted octanol–water partition coefficient (Wildman–Crippen LogP) is 2.59. The van der Waals surface area contributed by atoms with Crippen LogP contribution in [0.3, 0.4) is 0 Å². The van der Waals surface area contributed by atoms with Gasteiger partial charge in [-0.3, -0.25) is 4.79 Å².